The van der Waals surface area contributed by atoms with Gasteiger partial charge in [-0.05, 0) is 12.3 Å². The molecule has 4 heteroatoms. The summed E-state index contributed by atoms with van der Waals surface area (Å²) in [7, 11) is 0. The number of hydrogen-bond acceptors (Lipinski definition) is 4. The lowest BCUT2D eigenvalue weighted by molar-refractivity contribution is 0.116. The molecule has 0 fully saturated rings. The summed E-state index contributed by atoms with van der Waals surface area (Å²) in [4.78, 5) is 1.63. The van der Waals surface area contributed by atoms with E-state index in [4.69, 9.17) is 5.26 Å². The van der Waals surface area contributed by atoms with E-state index < -0.39 is 0 Å². The van der Waals surface area contributed by atoms with E-state index in [-0.39, 0.29) is 6.17 Å². The lowest BCUT2D eigenvalue weighted by atomic mass is 10.1. The largest absolute Gasteiger partial charge is 0.272 e. The summed E-state index contributed by atoms with van der Waals surface area (Å²) in [6, 6.07) is 0. The number of nitrogens with zero attached hydrogens (tertiary/aromatic N) is 4. The fraction of sp³-hybridized carbons (Fsp3) is 0.800. The van der Waals surface area contributed by atoms with Crippen molar-refractivity contribution in [3.8, 4) is 6.19 Å². The molecule has 78 valence electrons. The number of rotatable bonds is 4. The number of hydrogen-bond donors (Lipinski definition) is 0. The Balaban J connectivity index is 2.59. The SMILES string of the molecule is CCCCN1N=CN(C#N)C1C(C)C. The summed E-state index contributed by atoms with van der Waals surface area (Å²) >= 11 is 0. The van der Waals surface area contributed by atoms with Gasteiger partial charge in [-0.25, -0.2) is 4.90 Å². The first-order valence-electron chi connectivity index (χ1n) is 5.19. The minimum absolute atomic E-state index is 0.117. The van der Waals surface area contributed by atoms with Crippen LogP contribution in [-0.4, -0.2) is 29.0 Å². The molecule has 0 radical (unpaired) electrons. The van der Waals surface area contributed by atoms with Gasteiger partial charge in [-0.3, -0.25) is 5.01 Å². The molecule has 1 aliphatic rings. The van der Waals surface area contributed by atoms with Crippen LogP contribution in [0.15, 0.2) is 5.10 Å². The zero-order valence-electron chi connectivity index (χ0n) is 9.14. The van der Waals surface area contributed by atoms with E-state index in [0.29, 0.717) is 5.92 Å². The molecule has 14 heavy (non-hydrogen) atoms. The number of nitriles is 1. The first kappa shape index (κ1) is 10.8. The van der Waals surface area contributed by atoms with E-state index >= 15 is 0 Å². The minimum atomic E-state index is 0.117. The van der Waals surface area contributed by atoms with Gasteiger partial charge in [-0.15, -0.1) is 0 Å². The first-order valence-corrected chi connectivity index (χ1v) is 5.19. The Morgan fingerprint density at radius 1 is 1.57 bits per heavy atom. The molecule has 0 aromatic rings. The van der Waals surface area contributed by atoms with Crippen molar-refractivity contribution in [1.29, 1.82) is 5.26 Å². The standard InChI is InChI=1S/C10H18N4/c1-4-5-6-14-10(9(2)3)13(7-11)8-12-14/h8-10H,4-6H2,1-3H3. The average Bonchev–Trinajstić information content (AvgIpc) is 2.57. The van der Waals surface area contributed by atoms with Crippen LogP contribution in [0.3, 0.4) is 0 Å². The normalized spacial score (nSPS) is 20.6. The van der Waals surface area contributed by atoms with E-state index in [0.717, 1.165) is 19.4 Å². The molecule has 1 unspecified atom stereocenters. The van der Waals surface area contributed by atoms with Crippen molar-refractivity contribution in [3.63, 3.8) is 0 Å². The molecule has 1 rings (SSSR count). The lowest BCUT2D eigenvalue weighted by Crippen LogP contribution is -2.41. The van der Waals surface area contributed by atoms with Gasteiger partial charge in [0.1, 0.15) is 12.5 Å². The number of hydrazone groups is 1. The average molecular weight is 194 g/mol. The smallest absolute Gasteiger partial charge is 0.187 e. The summed E-state index contributed by atoms with van der Waals surface area (Å²) in [6.07, 6.45) is 6.17. The van der Waals surface area contributed by atoms with Gasteiger partial charge in [-0.2, -0.15) is 10.4 Å². The molecule has 0 spiro atoms. The van der Waals surface area contributed by atoms with Crippen LogP contribution in [0.25, 0.3) is 0 Å². The molecule has 0 aliphatic carbocycles. The van der Waals surface area contributed by atoms with Crippen molar-refractivity contribution >= 4 is 6.34 Å². The van der Waals surface area contributed by atoms with E-state index in [9.17, 15) is 0 Å². The molecule has 0 saturated carbocycles. The van der Waals surface area contributed by atoms with Gasteiger partial charge < -0.3 is 0 Å². The van der Waals surface area contributed by atoms with Gasteiger partial charge in [0.2, 0.25) is 0 Å². The van der Waals surface area contributed by atoms with Crippen molar-refractivity contribution < 1.29 is 0 Å². The molecule has 0 saturated heterocycles. The van der Waals surface area contributed by atoms with Crippen LogP contribution in [0.4, 0.5) is 0 Å². The molecule has 0 N–H and O–H groups in total. The molecular formula is C10H18N4. The van der Waals surface area contributed by atoms with Crippen LogP contribution in [-0.2, 0) is 0 Å². The first-order chi connectivity index (χ1) is 6.70. The van der Waals surface area contributed by atoms with Crippen LogP contribution in [0.2, 0.25) is 0 Å². The van der Waals surface area contributed by atoms with E-state index in [1.165, 1.54) is 0 Å². The molecule has 4 nitrogen and oxygen atoms in total. The topological polar surface area (TPSA) is 42.6 Å². The van der Waals surface area contributed by atoms with E-state index in [1.807, 2.05) is 5.01 Å². The predicted octanol–water partition coefficient (Wildman–Crippen LogP) is 1.81. The third kappa shape index (κ3) is 2.16. The Morgan fingerprint density at radius 3 is 2.79 bits per heavy atom. The highest BCUT2D eigenvalue weighted by Crippen LogP contribution is 2.19. The Labute approximate surface area is 85.8 Å². The van der Waals surface area contributed by atoms with Crippen molar-refractivity contribution in [2.24, 2.45) is 11.0 Å². The van der Waals surface area contributed by atoms with Gasteiger partial charge in [0, 0.05) is 6.54 Å². The maximum absolute atomic E-state index is 8.89. The van der Waals surface area contributed by atoms with Gasteiger partial charge >= 0.3 is 0 Å². The molecule has 1 atom stereocenters. The van der Waals surface area contributed by atoms with Crippen molar-refractivity contribution in [2.45, 2.75) is 39.8 Å². The van der Waals surface area contributed by atoms with Crippen molar-refractivity contribution in [1.82, 2.24) is 9.91 Å². The number of unbranched alkanes of at least 4 members (excludes halogenated alkanes) is 1. The predicted molar refractivity (Wildman–Crippen MR) is 56.2 cm³/mol. The van der Waals surface area contributed by atoms with Crippen LogP contribution in [0, 0.1) is 17.4 Å². The molecule has 0 aromatic carbocycles. The Hall–Kier alpha value is -1.24. The maximum atomic E-state index is 8.89. The fourth-order valence-corrected chi connectivity index (χ4v) is 1.66. The summed E-state index contributed by atoms with van der Waals surface area (Å²) in [5.74, 6) is 0.411. The Kier molecular flexibility index (Phi) is 3.75. The Bertz CT molecular complexity index is 241. The monoisotopic (exact) mass is 194 g/mol. The second-order valence-corrected chi connectivity index (χ2v) is 3.91. The second kappa shape index (κ2) is 4.85. The van der Waals surface area contributed by atoms with Crippen molar-refractivity contribution in [2.75, 3.05) is 6.54 Å². The van der Waals surface area contributed by atoms with Crippen LogP contribution in [0.1, 0.15) is 33.6 Å². The molecule has 0 bridgehead atoms. The zero-order valence-corrected chi connectivity index (χ0v) is 9.14. The quantitative estimate of drug-likeness (QED) is 0.641. The van der Waals surface area contributed by atoms with Crippen LogP contribution >= 0.6 is 0 Å². The van der Waals surface area contributed by atoms with Crippen LogP contribution in [0.5, 0.6) is 0 Å². The molecule has 0 amide bonds. The molecule has 0 aromatic heterocycles. The van der Waals surface area contributed by atoms with Gasteiger partial charge in [-0.1, -0.05) is 27.2 Å². The summed E-state index contributed by atoms with van der Waals surface area (Å²) in [6.45, 7) is 7.32. The molecule has 1 aliphatic heterocycles. The fourth-order valence-electron chi connectivity index (χ4n) is 1.66. The molecule has 1 heterocycles. The third-order valence-electron chi connectivity index (χ3n) is 2.37. The third-order valence-corrected chi connectivity index (χ3v) is 2.37. The van der Waals surface area contributed by atoms with Crippen LogP contribution < -0.4 is 0 Å². The highest BCUT2D eigenvalue weighted by Gasteiger charge is 2.30. The minimum Gasteiger partial charge on any atom is -0.272 e. The molecular weight excluding hydrogens is 176 g/mol. The Morgan fingerprint density at radius 2 is 2.29 bits per heavy atom. The summed E-state index contributed by atoms with van der Waals surface area (Å²) < 4.78 is 0. The van der Waals surface area contributed by atoms with Crippen molar-refractivity contribution in [3.05, 3.63) is 0 Å². The van der Waals surface area contributed by atoms with E-state index in [2.05, 4.69) is 32.1 Å². The zero-order chi connectivity index (χ0) is 10.6. The van der Waals surface area contributed by atoms with Gasteiger partial charge in [0.25, 0.3) is 0 Å². The highest BCUT2D eigenvalue weighted by atomic mass is 15.6. The second-order valence-electron chi connectivity index (χ2n) is 3.91. The summed E-state index contributed by atoms with van der Waals surface area (Å²) in [5.41, 5.74) is 0. The maximum Gasteiger partial charge on any atom is 0.187 e. The highest BCUT2D eigenvalue weighted by molar-refractivity contribution is 5.59. The van der Waals surface area contributed by atoms with Gasteiger partial charge in [0.15, 0.2) is 6.19 Å². The van der Waals surface area contributed by atoms with E-state index in [1.54, 1.807) is 11.2 Å². The lowest BCUT2D eigenvalue weighted by Gasteiger charge is -2.29. The van der Waals surface area contributed by atoms with Gasteiger partial charge in [0.05, 0.1) is 0 Å². The summed E-state index contributed by atoms with van der Waals surface area (Å²) in [5, 5.41) is 15.1.